The zero-order chi connectivity index (χ0) is 28.1. The molecule has 2 atom stereocenters. The molecule has 2 amide bonds. The number of para-hydroxylation sites is 1. The molecule has 2 heterocycles. The van der Waals surface area contributed by atoms with Gasteiger partial charge in [0.2, 0.25) is 0 Å². The third-order valence-electron chi connectivity index (χ3n) is 5.73. The highest BCUT2D eigenvalue weighted by Gasteiger charge is 2.55. The zero-order valence-corrected chi connectivity index (χ0v) is 21.6. The number of carbonyl (C=O) groups excluding carboxylic acids is 4. The first-order chi connectivity index (χ1) is 18.7. The molecule has 0 spiro atoms. The van der Waals surface area contributed by atoms with Gasteiger partial charge in [0.15, 0.2) is 6.61 Å². The number of nitrogens with zero attached hydrogens (tertiary/aromatic N) is 2. The van der Waals surface area contributed by atoms with Crippen LogP contribution in [0.1, 0.15) is 19.4 Å². The van der Waals surface area contributed by atoms with Crippen LogP contribution in [0.3, 0.4) is 0 Å². The molecule has 13 heteroatoms. The summed E-state index contributed by atoms with van der Waals surface area (Å²) in [6.07, 6.45) is 1.18. The number of esters is 2. The molecule has 0 radical (unpaired) electrons. The molecule has 1 unspecified atom stereocenters. The fraction of sp³-hybridized carbons (Fsp3) is 0.231. The molecule has 0 saturated carbocycles. The lowest BCUT2D eigenvalue weighted by Gasteiger charge is -2.49. The van der Waals surface area contributed by atoms with Crippen LogP contribution in [0.2, 0.25) is 0 Å². The number of ether oxygens (including phenoxy) is 3. The first kappa shape index (κ1) is 27.4. The van der Waals surface area contributed by atoms with Gasteiger partial charge in [-0.15, -0.1) is 0 Å². The summed E-state index contributed by atoms with van der Waals surface area (Å²) in [7, 11) is 0. The van der Waals surface area contributed by atoms with Crippen molar-refractivity contribution in [2.24, 2.45) is 0 Å². The maximum atomic E-state index is 13.1. The van der Waals surface area contributed by atoms with Gasteiger partial charge in [-0.1, -0.05) is 30.0 Å². The molecule has 1 fully saturated rings. The van der Waals surface area contributed by atoms with Crippen molar-refractivity contribution in [3.63, 3.8) is 0 Å². The topological polar surface area (TPSA) is 154 Å². The average Bonchev–Trinajstić information content (AvgIpc) is 2.93. The Hall–Kier alpha value is -4.65. The lowest BCUT2D eigenvalue weighted by atomic mass is 10.0. The Morgan fingerprint density at radius 2 is 1.82 bits per heavy atom. The Balaban J connectivity index is 1.48. The van der Waals surface area contributed by atoms with Crippen molar-refractivity contribution in [1.29, 1.82) is 0 Å². The van der Waals surface area contributed by atoms with Gasteiger partial charge in [0, 0.05) is 24.0 Å². The summed E-state index contributed by atoms with van der Waals surface area (Å²) in [5.74, 6) is -1.96. The maximum absolute atomic E-state index is 13.1. The SMILES string of the molecule is CC(=O)OC=C1S[C@H]2C(NC(=O)COc3ccccc3)C(=O)N2C(C(=O)OCc2ccc([N+](=O)[O-])cc2)=C1C. The van der Waals surface area contributed by atoms with Crippen molar-refractivity contribution in [1.82, 2.24) is 10.2 Å². The van der Waals surface area contributed by atoms with Gasteiger partial charge in [0.25, 0.3) is 17.5 Å². The average molecular weight is 554 g/mol. The first-order valence-electron chi connectivity index (χ1n) is 11.6. The van der Waals surface area contributed by atoms with Crippen LogP contribution in [0, 0.1) is 10.1 Å². The number of carbonyl (C=O) groups is 4. The van der Waals surface area contributed by atoms with E-state index in [9.17, 15) is 29.3 Å². The number of benzene rings is 2. The van der Waals surface area contributed by atoms with Gasteiger partial charge in [0.1, 0.15) is 35.7 Å². The minimum Gasteiger partial charge on any atom is -0.484 e. The number of amides is 2. The van der Waals surface area contributed by atoms with Crippen molar-refractivity contribution in [3.05, 3.63) is 92.7 Å². The summed E-state index contributed by atoms with van der Waals surface area (Å²) in [6, 6.07) is 13.2. The van der Waals surface area contributed by atoms with Crippen LogP contribution in [0.25, 0.3) is 0 Å². The second kappa shape index (κ2) is 11.8. The Labute approximate surface area is 226 Å². The van der Waals surface area contributed by atoms with Crippen LogP contribution in [0.4, 0.5) is 5.69 Å². The van der Waals surface area contributed by atoms with Gasteiger partial charge in [0.05, 0.1) is 4.92 Å². The smallest absolute Gasteiger partial charge is 0.355 e. The van der Waals surface area contributed by atoms with Gasteiger partial charge in [-0.05, 0) is 42.3 Å². The number of hydrogen-bond donors (Lipinski definition) is 1. The largest absolute Gasteiger partial charge is 0.484 e. The Morgan fingerprint density at radius 1 is 1.13 bits per heavy atom. The van der Waals surface area contributed by atoms with E-state index in [-0.39, 0.29) is 24.6 Å². The Kier molecular flexibility index (Phi) is 8.30. The normalized spacial score (nSPS) is 19.1. The fourth-order valence-electron chi connectivity index (χ4n) is 3.79. The van der Waals surface area contributed by atoms with Crippen molar-refractivity contribution in [3.8, 4) is 5.75 Å². The predicted molar refractivity (Wildman–Crippen MR) is 138 cm³/mol. The lowest BCUT2D eigenvalue weighted by molar-refractivity contribution is -0.384. The van der Waals surface area contributed by atoms with Gasteiger partial charge in [-0.25, -0.2) is 4.79 Å². The number of rotatable bonds is 9. The second-order valence-electron chi connectivity index (χ2n) is 8.43. The minimum absolute atomic E-state index is 0.0601. The van der Waals surface area contributed by atoms with E-state index in [2.05, 4.69) is 5.32 Å². The van der Waals surface area contributed by atoms with E-state index in [1.54, 1.807) is 37.3 Å². The second-order valence-corrected chi connectivity index (χ2v) is 9.59. The van der Waals surface area contributed by atoms with Crippen LogP contribution >= 0.6 is 11.8 Å². The molecular weight excluding hydrogens is 530 g/mol. The zero-order valence-electron chi connectivity index (χ0n) is 20.8. The summed E-state index contributed by atoms with van der Waals surface area (Å²) >= 11 is 1.14. The molecule has 39 heavy (non-hydrogen) atoms. The van der Waals surface area contributed by atoms with Crippen molar-refractivity contribution in [2.75, 3.05) is 6.61 Å². The first-order valence-corrected chi connectivity index (χ1v) is 12.5. The molecule has 4 rings (SSSR count). The molecule has 2 aromatic rings. The van der Waals surface area contributed by atoms with Crippen LogP contribution in [0.5, 0.6) is 5.75 Å². The van der Waals surface area contributed by atoms with Gasteiger partial charge in [-0.3, -0.25) is 29.4 Å². The molecule has 0 aliphatic carbocycles. The summed E-state index contributed by atoms with van der Waals surface area (Å²) < 4.78 is 15.8. The number of thioether (sulfide) groups is 1. The van der Waals surface area contributed by atoms with Gasteiger partial charge in [-0.2, -0.15) is 0 Å². The van der Waals surface area contributed by atoms with E-state index in [0.717, 1.165) is 11.8 Å². The molecule has 0 bridgehead atoms. The molecule has 1 N–H and O–H groups in total. The van der Waals surface area contributed by atoms with E-state index in [1.165, 1.54) is 42.4 Å². The van der Waals surface area contributed by atoms with Crippen molar-refractivity contribution >= 4 is 41.2 Å². The number of nitro benzene ring substituents is 1. The number of β-lactam (4-membered cyclic amide) rings is 1. The highest BCUT2D eigenvalue weighted by atomic mass is 32.2. The number of allylic oxidation sites excluding steroid dienone is 1. The van der Waals surface area contributed by atoms with E-state index in [1.807, 2.05) is 0 Å². The number of hydrogen-bond acceptors (Lipinski definition) is 10. The van der Waals surface area contributed by atoms with E-state index >= 15 is 0 Å². The number of nitro groups is 1. The summed E-state index contributed by atoms with van der Waals surface area (Å²) in [6.45, 7) is 2.28. The van der Waals surface area contributed by atoms with Crippen LogP contribution in [-0.4, -0.2) is 51.6 Å². The molecule has 2 aromatic carbocycles. The highest BCUT2D eigenvalue weighted by Crippen LogP contribution is 2.46. The quantitative estimate of drug-likeness (QED) is 0.161. The van der Waals surface area contributed by atoms with Crippen LogP contribution < -0.4 is 10.1 Å². The minimum atomic E-state index is -0.965. The third-order valence-corrected chi connectivity index (χ3v) is 7.11. The Bertz CT molecular complexity index is 1370. The molecule has 0 aromatic heterocycles. The van der Waals surface area contributed by atoms with Crippen LogP contribution in [-0.2, 0) is 35.3 Å². The molecule has 12 nitrogen and oxygen atoms in total. The maximum Gasteiger partial charge on any atom is 0.355 e. The van der Waals surface area contributed by atoms with Crippen molar-refractivity contribution < 1.29 is 38.3 Å². The molecule has 202 valence electrons. The van der Waals surface area contributed by atoms with E-state index in [0.29, 0.717) is 21.8 Å². The van der Waals surface area contributed by atoms with Crippen LogP contribution in [0.15, 0.2) is 77.0 Å². The standard InChI is InChI=1S/C26H23N3O9S/c1-15-20(13-36-16(2)30)39-25-22(27-21(31)14-37-19-6-4-3-5-7-19)24(32)28(25)23(15)26(33)38-12-17-8-10-18(11-9-17)29(34)35/h3-11,13,22,25H,12,14H2,1-2H3,(H,27,31)/t22?,25-/m0/s1. The predicted octanol–water partition coefficient (Wildman–Crippen LogP) is 2.80. The van der Waals surface area contributed by atoms with Gasteiger partial charge < -0.3 is 19.5 Å². The molecule has 1 saturated heterocycles. The van der Waals surface area contributed by atoms with Gasteiger partial charge >= 0.3 is 11.9 Å². The number of fused-ring (bicyclic) bond motifs is 1. The van der Waals surface area contributed by atoms with Crippen molar-refractivity contribution in [2.45, 2.75) is 31.9 Å². The highest BCUT2D eigenvalue weighted by molar-refractivity contribution is 8.04. The van der Waals surface area contributed by atoms with E-state index in [4.69, 9.17) is 14.2 Å². The lowest BCUT2D eigenvalue weighted by Crippen LogP contribution is -2.70. The third kappa shape index (κ3) is 6.26. The fourth-order valence-corrected chi connectivity index (χ4v) is 5.06. The number of non-ortho nitro benzene ring substituents is 1. The summed E-state index contributed by atoms with van der Waals surface area (Å²) in [5.41, 5.74) is 0.680. The summed E-state index contributed by atoms with van der Waals surface area (Å²) in [5, 5.41) is 12.8. The molecular formula is C26H23N3O9S. The van der Waals surface area contributed by atoms with E-state index < -0.39 is 40.1 Å². The monoisotopic (exact) mass is 553 g/mol. The summed E-state index contributed by atoms with van der Waals surface area (Å²) in [4.78, 5) is 62.0. The molecule has 2 aliphatic rings. The Morgan fingerprint density at radius 3 is 2.46 bits per heavy atom. The number of nitrogens with one attached hydrogen (secondary N) is 1. The molecule has 2 aliphatic heterocycles.